The van der Waals surface area contributed by atoms with Crippen LogP contribution in [-0.4, -0.2) is 105 Å². The zero-order valence-electron chi connectivity index (χ0n) is 33.4. The third-order valence-electron chi connectivity index (χ3n) is 9.16. The van der Waals surface area contributed by atoms with E-state index in [4.69, 9.17) is 39.9 Å². The molecule has 0 fully saturated rings. The van der Waals surface area contributed by atoms with Crippen molar-refractivity contribution in [2.24, 2.45) is 17.4 Å². The highest BCUT2D eigenvalue weighted by Crippen LogP contribution is 2.34. The minimum Gasteiger partial charge on any atom is -0.488 e. The fraction of sp³-hybridized carbons (Fsp3) is 0.488. The molecule has 320 valence electrons. The van der Waals surface area contributed by atoms with E-state index >= 15 is 0 Å². The van der Waals surface area contributed by atoms with E-state index in [0.29, 0.717) is 83.5 Å². The molecule has 1 unspecified atom stereocenters. The van der Waals surface area contributed by atoms with Crippen LogP contribution in [-0.2, 0) is 47.9 Å². The highest BCUT2D eigenvalue weighted by molar-refractivity contribution is 5.99. The lowest BCUT2D eigenvalue weighted by Crippen LogP contribution is -2.47. The van der Waals surface area contributed by atoms with Gasteiger partial charge in [-0.2, -0.15) is 15.2 Å². The van der Waals surface area contributed by atoms with Gasteiger partial charge in [0.05, 0.1) is 49.0 Å². The monoisotopic (exact) mass is 813 g/mol. The highest BCUT2D eigenvalue weighted by Gasteiger charge is 2.32. The van der Waals surface area contributed by atoms with E-state index in [1.54, 1.807) is 70.7 Å². The largest absolute Gasteiger partial charge is 0.488 e. The van der Waals surface area contributed by atoms with Crippen LogP contribution in [0.5, 0.6) is 17.2 Å². The first kappa shape index (κ1) is 47.5. The number of anilines is 3. The summed E-state index contributed by atoms with van der Waals surface area (Å²) in [6, 6.07) is 14.5. The Morgan fingerprint density at radius 1 is 0.569 bits per heavy atom. The lowest BCUT2D eigenvalue weighted by atomic mass is 9.94. The minimum absolute atomic E-state index is 0. The number of hydrogen-bond donors (Lipinski definition) is 5. The van der Waals surface area contributed by atoms with Crippen molar-refractivity contribution in [3.05, 3.63) is 71.3 Å². The predicted molar refractivity (Wildman–Crippen MR) is 216 cm³/mol. The van der Waals surface area contributed by atoms with Crippen molar-refractivity contribution in [1.82, 2.24) is 0 Å². The number of nitrogens with zero attached hydrogens (tertiary/aromatic N) is 3. The van der Waals surface area contributed by atoms with Gasteiger partial charge in [0, 0.05) is 45.4 Å². The van der Waals surface area contributed by atoms with Crippen molar-refractivity contribution in [2.45, 2.75) is 84.8 Å². The normalized spacial score (nSPS) is 19.8. The zero-order chi connectivity index (χ0) is 42.0. The third kappa shape index (κ3) is 12.1. The Morgan fingerprint density at radius 2 is 0.862 bits per heavy atom. The van der Waals surface area contributed by atoms with Crippen molar-refractivity contribution in [3.8, 4) is 17.2 Å². The Morgan fingerprint density at radius 3 is 1.17 bits per heavy atom. The van der Waals surface area contributed by atoms with Gasteiger partial charge in [-0.1, -0.05) is 32.5 Å². The van der Waals surface area contributed by atoms with Crippen LogP contribution < -0.4 is 40.9 Å². The Bertz CT molecular complexity index is 1640. The summed E-state index contributed by atoms with van der Waals surface area (Å²) < 4.78 is 31.9. The van der Waals surface area contributed by atoms with E-state index < -0.39 is 23.9 Å². The van der Waals surface area contributed by atoms with Crippen LogP contribution in [0.25, 0.3) is 0 Å². The average molecular weight is 814 g/mol. The van der Waals surface area contributed by atoms with E-state index in [1.807, 2.05) is 32.9 Å². The number of ether oxygens (including phenoxy) is 6. The molecule has 0 saturated heterocycles. The maximum absolute atomic E-state index is 11.7. The van der Waals surface area contributed by atoms with Crippen LogP contribution in [0.1, 0.15) is 51.8 Å². The summed E-state index contributed by atoms with van der Waals surface area (Å²) in [4.78, 5) is 35.0. The van der Waals surface area contributed by atoms with Crippen molar-refractivity contribution >= 4 is 34.8 Å². The molecular formula is C41H59N5O12. The number of amides is 3. The molecule has 0 aliphatic carbocycles. The van der Waals surface area contributed by atoms with Gasteiger partial charge in [0.15, 0.2) is 0 Å². The topological polar surface area (TPSA) is 229 Å². The molecule has 3 amide bonds. The third-order valence-corrected chi connectivity index (χ3v) is 9.16. The van der Waals surface area contributed by atoms with E-state index in [-0.39, 0.29) is 37.6 Å². The molecule has 3 aliphatic heterocycles. The lowest BCUT2D eigenvalue weighted by molar-refractivity contribution is -0.127. The summed E-state index contributed by atoms with van der Waals surface area (Å²) in [7, 11) is 4.81. The number of hydrogen-bond acceptors (Lipinski definition) is 14. The number of rotatable bonds is 12. The number of fused-ring (bicyclic) bond motifs is 3. The molecule has 0 bridgehead atoms. The molecule has 6 atom stereocenters. The number of nitrogens with two attached hydrogens (primary N) is 2. The minimum atomic E-state index is -0.698. The molecule has 3 aromatic carbocycles. The molecule has 17 nitrogen and oxygen atoms in total. The summed E-state index contributed by atoms with van der Waals surface area (Å²) in [6.45, 7) is 8.86. The molecular weight excluding hydrogens is 754 g/mol. The summed E-state index contributed by atoms with van der Waals surface area (Å²) in [6.07, 6.45) is 1.15. The van der Waals surface area contributed by atoms with Crippen LogP contribution in [0, 0.1) is 5.92 Å². The smallest absolute Gasteiger partial charge is 0.267 e. The van der Waals surface area contributed by atoms with E-state index in [0.717, 1.165) is 21.8 Å². The van der Waals surface area contributed by atoms with Crippen LogP contribution >= 0.6 is 0 Å². The van der Waals surface area contributed by atoms with Crippen molar-refractivity contribution < 1.29 is 58.4 Å². The SMILES string of the molecule is C.COC[C@H](C)Oc1ccc2c(c1)N(O)C(=O)C(C)C2.COC[C@H](C)Oc1ccc2c(c1)N(O)C(=O)[C@@H](N)C2.COC[C@H](C)Oc1ccc2c(c1)N(O)C(=O)[C@H](N)C2. The number of carbonyl (C=O) groups excluding carboxylic acids is 3. The van der Waals surface area contributed by atoms with Gasteiger partial charge in [-0.25, -0.2) is 0 Å². The fourth-order valence-corrected chi connectivity index (χ4v) is 6.41. The second-order valence-corrected chi connectivity index (χ2v) is 14.2. The van der Waals surface area contributed by atoms with Gasteiger partial charge in [-0.3, -0.25) is 30.0 Å². The van der Waals surface area contributed by atoms with Crippen LogP contribution in [0.4, 0.5) is 17.1 Å². The fourth-order valence-electron chi connectivity index (χ4n) is 6.41. The molecule has 0 saturated carbocycles. The Balaban J connectivity index is 0.000000231. The molecule has 3 aromatic rings. The van der Waals surface area contributed by atoms with Crippen molar-refractivity contribution in [2.75, 3.05) is 56.3 Å². The molecule has 17 heteroatoms. The predicted octanol–water partition coefficient (Wildman–Crippen LogP) is 4.06. The van der Waals surface area contributed by atoms with Gasteiger partial charge in [-0.05, 0) is 74.9 Å². The zero-order valence-corrected chi connectivity index (χ0v) is 33.4. The van der Waals surface area contributed by atoms with Gasteiger partial charge in [-0.15, -0.1) is 0 Å². The van der Waals surface area contributed by atoms with Gasteiger partial charge >= 0.3 is 0 Å². The van der Waals surface area contributed by atoms with Gasteiger partial charge in [0.2, 0.25) is 0 Å². The maximum atomic E-state index is 11.7. The molecule has 6 rings (SSSR count). The standard InChI is InChI=1S/C14H19NO4.2C13H18N2O4.CH4/c1-9-6-11-4-5-12(19-10(2)8-18-3)7-13(11)15(17)14(9)16;2*1-8(7-18-2)19-10-4-3-9-5-11(14)13(16)15(17)12(9)6-10;/h4-5,7,9-10,17H,6,8H2,1-3H3;2*3-4,6,8,11,17H,5,7,14H2,1-2H3;1H4/t9?,10-;8-,11+;8-,11-;/m000./s1. The van der Waals surface area contributed by atoms with Crippen LogP contribution in [0.3, 0.4) is 0 Å². The van der Waals surface area contributed by atoms with Gasteiger partial charge in [0.1, 0.15) is 35.6 Å². The molecule has 58 heavy (non-hydrogen) atoms. The first-order chi connectivity index (χ1) is 27.1. The number of hydroxylamine groups is 3. The number of methoxy groups -OCH3 is 3. The molecule has 3 heterocycles. The molecule has 3 aliphatic rings. The summed E-state index contributed by atoms with van der Waals surface area (Å²) in [5, 5.41) is 31.3. The summed E-state index contributed by atoms with van der Waals surface area (Å²) in [5.74, 6) is 0.274. The Kier molecular flexibility index (Phi) is 17.8. The molecule has 0 aromatic heterocycles. The lowest BCUT2D eigenvalue weighted by Gasteiger charge is -2.28. The second-order valence-electron chi connectivity index (χ2n) is 14.2. The first-order valence-corrected chi connectivity index (χ1v) is 18.5. The molecule has 0 radical (unpaired) electrons. The molecule has 7 N–H and O–H groups in total. The van der Waals surface area contributed by atoms with Crippen molar-refractivity contribution in [1.29, 1.82) is 0 Å². The first-order valence-electron chi connectivity index (χ1n) is 18.5. The van der Waals surface area contributed by atoms with Crippen LogP contribution in [0.2, 0.25) is 0 Å². The van der Waals surface area contributed by atoms with E-state index in [2.05, 4.69) is 0 Å². The van der Waals surface area contributed by atoms with Gasteiger partial charge < -0.3 is 39.9 Å². The van der Waals surface area contributed by atoms with Crippen molar-refractivity contribution in [3.63, 3.8) is 0 Å². The maximum Gasteiger partial charge on any atom is 0.267 e. The number of benzene rings is 3. The van der Waals surface area contributed by atoms with E-state index in [9.17, 15) is 30.0 Å². The number of carbonyl (C=O) groups is 3. The summed E-state index contributed by atoms with van der Waals surface area (Å²) in [5.41, 5.74) is 15.2. The highest BCUT2D eigenvalue weighted by atomic mass is 16.5. The Hall–Kier alpha value is -4.85. The molecule has 0 spiro atoms. The average Bonchev–Trinajstić information content (AvgIpc) is 3.17. The second kappa shape index (κ2) is 21.8. The summed E-state index contributed by atoms with van der Waals surface area (Å²) >= 11 is 0. The Labute approximate surface area is 339 Å². The van der Waals surface area contributed by atoms with E-state index in [1.165, 1.54) is 0 Å². The van der Waals surface area contributed by atoms with Crippen LogP contribution in [0.15, 0.2) is 54.6 Å². The van der Waals surface area contributed by atoms with Gasteiger partial charge in [0.25, 0.3) is 17.7 Å². The quantitative estimate of drug-likeness (QED) is 0.163.